The van der Waals surface area contributed by atoms with Gasteiger partial charge in [-0.2, -0.15) is 0 Å². The Morgan fingerprint density at radius 1 is 0.579 bits per heavy atom. The molecule has 0 aliphatic rings. The van der Waals surface area contributed by atoms with Gasteiger partial charge in [-0.05, 0) is 33.6 Å². The summed E-state index contributed by atoms with van der Waals surface area (Å²) in [6.45, 7) is 20.6. The van der Waals surface area contributed by atoms with Gasteiger partial charge >= 0.3 is 0 Å². The Balaban J connectivity index is 4.71. The molecule has 0 saturated heterocycles. The van der Waals surface area contributed by atoms with Crippen LogP contribution in [0.3, 0.4) is 0 Å². The molecule has 0 aromatic heterocycles. The third kappa shape index (κ3) is 19.3. The van der Waals surface area contributed by atoms with Gasteiger partial charge in [-0.1, -0.05) is 13.8 Å². The van der Waals surface area contributed by atoms with E-state index in [1.165, 1.54) is 0 Å². The molecular formula is C27H58N8O3. The highest BCUT2D eigenvalue weighted by molar-refractivity contribution is 5.77. The minimum Gasteiger partial charge on any atom is -0.355 e. The van der Waals surface area contributed by atoms with E-state index in [-0.39, 0.29) is 17.7 Å². The summed E-state index contributed by atoms with van der Waals surface area (Å²) in [6.07, 6.45) is 1.07. The monoisotopic (exact) mass is 542 g/mol. The first-order valence-electron chi connectivity index (χ1n) is 14.4. The maximum absolute atomic E-state index is 12.6. The van der Waals surface area contributed by atoms with Gasteiger partial charge in [-0.25, -0.2) is 0 Å². The molecular weight excluding hydrogens is 484 g/mol. The van der Waals surface area contributed by atoms with Crippen LogP contribution in [0.5, 0.6) is 0 Å². The Bertz CT molecular complexity index is 614. The standard InChI is InChI=1S/C27H58N8O3/c1-22(2)21-34(19-20-35(23(3)4)24(5)6)17-9-27(38)32-14-18-33(15-7-25(36)30-12-10-28)16-8-26(37)31-13-11-29/h22-24H,7-21,28-29H2,1-6H3,(H,30,36)(H,31,37)(H,32,38). The van der Waals surface area contributed by atoms with Gasteiger partial charge in [0.2, 0.25) is 17.7 Å². The van der Waals surface area contributed by atoms with Crippen molar-refractivity contribution in [1.82, 2.24) is 30.7 Å². The average Bonchev–Trinajstić information content (AvgIpc) is 2.85. The summed E-state index contributed by atoms with van der Waals surface area (Å²) in [7, 11) is 0. The lowest BCUT2D eigenvalue weighted by molar-refractivity contribution is -0.123. The van der Waals surface area contributed by atoms with Crippen molar-refractivity contribution in [3.8, 4) is 0 Å². The smallest absolute Gasteiger partial charge is 0.221 e. The summed E-state index contributed by atoms with van der Waals surface area (Å²) >= 11 is 0. The lowest BCUT2D eigenvalue weighted by Gasteiger charge is -2.33. The number of amides is 3. The molecule has 224 valence electrons. The van der Waals surface area contributed by atoms with Crippen LogP contribution in [0.25, 0.3) is 0 Å². The number of hydrogen-bond donors (Lipinski definition) is 5. The number of carbonyl (C=O) groups is 3. The lowest BCUT2D eigenvalue weighted by atomic mass is 10.2. The minimum absolute atomic E-state index is 0.0182. The zero-order chi connectivity index (χ0) is 28.9. The van der Waals surface area contributed by atoms with Crippen molar-refractivity contribution in [1.29, 1.82) is 0 Å². The van der Waals surface area contributed by atoms with Crippen molar-refractivity contribution in [3.05, 3.63) is 0 Å². The second kappa shape index (κ2) is 22.1. The molecule has 3 amide bonds. The fraction of sp³-hybridized carbons (Fsp3) is 0.889. The molecule has 0 rings (SSSR count). The molecule has 11 nitrogen and oxygen atoms in total. The Morgan fingerprint density at radius 2 is 1.00 bits per heavy atom. The van der Waals surface area contributed by atoms with Crippen LogP contribution >= 0.6 is 0 Å². The first-order chi connectivity index (χ1) is 18.0. The molecule has 0 unspecified atom stereocenters. The van der Waals surface area contributed by atoms with Crippen molar-refractivity contribution >= 4 is 17.7 Å². The summed E-state index contributed by atoms with van der Waals surface area (Å²) in [6, 6.07) is 0.973. The topological polar surface area (TPSA) is 149 Å². The van der Waals surface area contributed by atoms with Crippen molar-refractivity contribution in [2.45, 2.75) is 72.9 Å². The van der Waals surface area contributed by atoms with Crippen molar-refractivity contribution in [3.63, 3.8) is 0 Å². The van der Waals surface area contributed by atoms with E-state index in [9.17, 15) is 14.4 Å². The number of hydrogen-bond acceptors (Lipinski definition) is 8. The molecule has 11 heteroatoms. The molecule has 0 fully saturated rings. The summed E-state index contributed by atoms with van der Waals surface area (Å²) in [5.41, 5.74) is 10.9. The zero-order valence-electron chi connectivity index (χ0n) is 25.1. The van der Waals surface area contributed by atoms with Crippen molar-refractivity contribution in [2.24, 2.45) is 17.4 Å². The molecule has 0 aromatic carbocycles. The molecule has 0 atom stereocenters. The quantitative estimate of drug-likeness (QED) is 0.119. The lowest BCUT2D eigenvalue weighted by Crippen LogP contribution is -2.44. The number of rotatable bonds is 23. The Hall–Kier alpha value is -1.79. The SMILES string of the molecule is CC(C)CN(CCC(=O)NCCN(CCC(=O)NCCN)CCC(=O)NCCN)CCN(C(C)C)C(C)C. The predicted octanol–water partition coefficient (Wildman–Crippen LogP) is -0.198. The molecule has 0 aliphatic carbocycles. The molecule has 0 saturated carbocycles. The van der Waals surface area contributed by atoms with E-state index in [0.29, 0.717) is 89.6 Å². The fourth-order valence-corrected chi connectivity index (χ4v) is 4.34. The second-order valence-corrected chi connectivity index (χ2v) is 10.8. The number of carbonyl (C=O) groups excluding carboxylic acids is 3. The van der Waals surface area contributed by atoms with E-state index in [1.807, 2.05) is 4.90 Å². The van der Waals surface area contributed by atoms with Crippen LogP contribution in [0.2, 0.25) is 0 Å². The van der Waals surface area contributed by atoms with Crippen LogP contribution in [0.15, 0.2) is 0 Å². The van der Waals surface area contributed by atoms with Crippen LogP contribution in [0.1, 0.15) is 60.8 Å². The highest BCUT2D eigenvalue weighted by Crippen LogP contribution is 2.07. The summed E-state index contributed by atoms with van der Waals surface area (Å²) in [4.78, 5) is 43.5. The molecule has 0 bridgehead atoms. The van der Waals surface area contributed by atoms with Crippen LogP contribution in [-0.4, -0.2) is 123 Å². The normalized spacial score (nSPS) is 11.8. The minimum atomic E-state index is -0.0733. The molecule has 7 N–H and O–H groups in total. The van der Waals surface area contributed by atoms with E-state index in [2.05, 4.69) is 67.3 Å². The van der Waals surface area contributed by atoms with Crippen LogP contribution in [0.4, 0.5) is 0 Å². The largest absolute Gasteiger partial charge is 0.355 e. The van der Waals surface area contributed by atoms with Gasteiger partial charge in [0.25, 0.3) is 0 Å². The van der Waals surface area contributed by atoms with Gasteiger partial charge < -0.3 is 37.2 Å². The van der Waals surface area contributed by atoms with Gasteiger partial charge in [0, 0.05) is 110 Å². The van der Waals surface area contributed by atoms with E-state index >= 15 is 0 Å². The molecule has 0 heterocycles. The summed E-state index contributed by atoms with van der Waals surface area (Å²) in [5.74, 6) is 0.401. The van der Waals surface area contributed by atoms with E-state index in [0.717, 1.165) is 26.2 Å². The number of nitrogens with zero attached hydrogens (tertiary/aromatic N) is 3. The van der Waals surface area contributed by atoms with E-state index < -0.39 is 0 Å². The molecule has 0 aromatic rings. The molecule has 0 aliphatic heterocycles. The Labute approximate surface area is 231 Å². The summed E-state index contributed by atoms with van der Waals surface area (Å²) < 4.78 is 0. The Kier molecular flexibility index (Phi) is 21.0. The molecule has 0 spiro atoms. The second-order valence-electron chi connectivity index (χ2n) is 10.8. The van der Waals surface area contributed by atoms with Crippen LogP contribution in [-0.2, 0) is 14.4 Å². The number of nitrogens with one attached hydrogen (secondary N) is 3. The highest BCUT2D eigenvalue weighted by atomic mass is 16.2. The van der Waals surface area contributed by atoms with Crippen molar-refractivity contribution in [2.75, 3.05) is 78.5 Å². The van der Waals surface area contributed by atoms with Crippen LogP contribution < -0.4 is 27.4 Å². The van der Waals surface area contributed by atoms with Gasteiger partial charge in [0.15, 0.2) is 0 Å². The van der Waals surface area contributed by atoms with Gasteiger partial charge in [-0.15, -0.1) is 0 Å². The van der Waals surface area contributed by atoms with Gasteiger partial charge in [-0.3, -0.25) is 19.3 Å². The third-order valence-corrected chi connectivity index (χ3v) is 6.27. The van der Waals surface area contributed by atoms with Gasteiger partial charge in [0.1, 0.15) is 0 Å². The maximum Gasteiger partial charge on any atom is 0.221 e. The molecule has 38 heavy (non-hydrogen) atoms. The average molecular weight is 543 g/mol. The Morgan fingerprint density at radius 3 is 1.39 bits per heavy atom. The fourth-order valence-electron chi connectivity index (χ4n) is 4.34. The van der Waals surface area contributed by atoms with Gasteiger partial charge in [0.05, 0.1) is 0 Å². The third-order valence-electron chi connectivity index (χ3n) is 6.27. The maximum atomic E-state index is 12.6. The van der Waals surface area contributed by atoms with Crippen molar-refractivity contribution < 1.29 is 14.4 Å². The van der Waals surface area contributed by atoms with E-state index in [1.54, 1.807) is 0 Å². The molecule has 0 radical (unpaired) electrons. The number of nitrogens with two attached hydrogens (primary N) is 2. The first kappa shape index (κ1) is 36.2. The highest BCUT2D eigenvalue weighted by Gasteiger charge is 2.17. The predicted molar refractivity (Wildman–Crippen MR) is 156 cm³/mol. The van der Waals surface area contributed by atoms with E-state index in [4.69, 9.17) is 11.5 Å². The first-order valence-corrected chi connectivity index (χ1v) is 14.4. The summed E-state index contributed by atoms with van der Waals surface area (Å²) in [5, 5.41) is 8.54. The van der Waals surface area contributed by atoms with Crippen LogP contribution in [0, 0.1) is 5.92 Å². The zero-order valence-corrected chi connectivity index (χ0v) is 25.1.